The summed E-state index contributed by atoms with van der Waals surface area (Å²) in [6.07, 6.45) is 6.07. The van der Waals surface area contributed by atoms with Gasteiger partial charge in [0.05, 0.1) is 17.5 Å². The van der Waals surface area contributed by atoms with Crippen molar-refractivity contribution in [3.05, 3.63) is 88.7 Å². The van der Waals surface area contributed by atoms with Gasteiger partial charge in [-0.1, -0.05) is 30.3 Å². The number of anilines is 3. The Kier molecular flexibility index (Phi) is 8.18. The van der Waals surface area contributed by atoms with Crippen LogP contribution in [0, 0.1) is 25.6 Å². The standard InChI is InChI=1S/C35H41FN4O2/c1-24-12-15-27(23-31(24)39-20-5-6-21-39)37-34(41)29-10-8-22-40(35(42)32-25(2)9-7-11-30(32)36)33(29)26-13-16-28(17-14-26)38-18-3-4-19-38/h7,9,11-17,23,29,33H,3-6,8,10,18-22H2,1-2H3,(H,37,41). The Morgan fingerprint density at radius 2 is 1.48 bits per heavy atom. The largest absolute Gasteiger partial charge is 0.372 e. The molecule has 1 N–H and O–H groups in total. The van der Waals surface area contributed by atoms with E-state index in [4.69, 9.17) is 0 Å². The molecule has 0 bridgehead atoms. The van der Waals surface area contributed by atoms with Gasteiger partial charge in [0, 0.05) is 49.8 Å². The number of rotatable bonds is 6. The third kappa shape index (κ3) is 5.61. The minimum absolute atomic E-state index is 0.0889. The molecule has 3 saturated heterocycles. The van der Waals surface area contributed by atoms with Crippen LogP contribution in [0.5, 0.6) is 0 Å². The number of hydrogen-bond acceptors (Lipinski definition) is 4. The van der Waals surface area contributed by atoms with Crippen LogP contribution in [0.15, 0.2) is 60.7 Å². The van der Waals surface area contributed by atoms with Crippen molar-refractivity contribution in [2.75, 3.05) is 47.8 Å². The first-order chi connectivity index (χ1) is 20.4. The predicted octanol–water partition coefficient (Wildman–Crippen LogP) is 6.88. The van der Waals surface area contributed by atoms with E-state index >= 15 is 4.39 Å². The van der Waals surface area contributed by atoms with Crippen molar-refractivity contribution in [3.63, 3.8) is 0 Å². The number of piperidine rings is 1. The van der Waals surface area contributed by atoms with Gasteiger partial charge in [-0.25, -0.2) is 4.39 Å². The molecular weight excluding hydrogens is 527 g/mol. The molecule has 3 aliphatic heterocycles. The molecule has 3 aliphatic rings. The molecule has 6 nitrogen and oxygen atoms in total. The summed E-state index contributed by atoms with van der Waals surface area (Å²) in [7, 11) is 0. The van der Waals surface area contributed by atoms with E-state index in [9.17, 15) is 9.59 Å². The number of carbonyl (C=O) groups excluding carboxylic acids is 2. The lowest BCUT2D eigenvalue weighted by molar-refractivity contribution is -0.123. The maximum atomic E-state index is 15.0. The Labute approximate surface area is 248 Å². The molecular formula is C35H41FN4O2. The van der Waals surface area contributed by atoms with Gasteiger partial charge in [0.2, 0.25) is 5.91 Å². The van der Waals surface area contributed by atoms with E-state index in [0.29, 0.717) is 24.9 Å². The van der Waals surface area contributed by atoms with Gasteiger partial charge in [0.15, 0.2) is 0 Å². The van der Waals surface area contributed by atoms with Crippen LogP contribution < -0.4 is 15.1 Å². The third-order valence-corrected chi connectivity index (χ3v) is 9.29. The molecule has 220 valence electrons. The van der Waals surface area contributed by atoms with Crippen LogP contribution in [-0.2, 0) is 4.79 Å². The molecule has 3 aromatic carbocycles. The predicted molar refractivity (Wildman–Crippen MR) is 167 cm³/mol. The maximum Gasteiger partial charge on any atom is 0.257 e. The molecule has 2 amide bonds. The second-order valence-electron chi connectivity index (χ2n) is 12.1. The maximum absolute atomic E-state index is 15.0. The zero-order chi connectivity index (χ0) is 29.2. The monoisotopic (exact) mass is 568 g/mol. The first-order valence-corrected chi connectivity index (χ1v) is 15.5. The molecule has 0 aliphatic carbocycles. The van der Waals surface area contributed by atoms with Gasteiger partial charge in [0.25, 0.3) is 5.91 Å². The van der Waals surface area contributed by atoms with Crippen molar-refractivity contribution in [3.8, 4) is 0 Å². The molecule has 0 saturated carbocycles. The van der Waals surface area contributed by atoms with E-state index in [1.54, 1.807) is 24.0 Å². The Hall–Kier alpha value is -3.87. The molecule has 7 heteroatoms. The normalized spacial score (nSPS) is 20.7. The fourth-order valence-electron chi connectivity index (χ4n) is 7.04. The van der Waals surface area contributed by atoms with Gasteiger partial charge in [-0.3, -0.25) is 9.59 Å². The smallest absolute Gasteiger partial charge is 0.257 e. The highest BCUT2D eigenvalue weighted by Crippen LogP contribution is 2.39. The lowest BCUT2D eigenvalue weighted by Gasteiger charge is -2.41. The summed E-state index contributed by atoms with van der Waals surface area (Å²) in [6.45, 7) is 8.49. The van der Waals surface area contributed by atoms with Gasteiger partial charge in [-0.2, -0.15) is 0 Å². The van der Waals surface area contributed by atoms with Crippen LogP contribution >= 0.6 is 0 Å². The lowest BCUT2D eigenvalue weighted by Crippen LogP contribution is -2.46. The Morgan fingerprint density at radius 3 is 2.17 bits per heavy atom. The number of aryl methyl sites for hydroxylation is 2. The fourth-order valence-corrected chi connectivity index (χ4v) is 7.04. The van der Waals surface area contributed by atoms with Gasteiger partial charge >= 0.3 is 0 Å². The van der Waals surface area contributed by atoms with Gasteiger partial charge in [0.1, 0.15) is 5.82 Å². The quantitative estimate of drug-likeness (QED) is 0.352. The highest BCUT2D eigenvalue weighted by molar-refractivity contribution is 5.98. The molecule has 0 spiro atoms. The minimum Gasteiger partial charge on any atom is -0.372 e. The summed E-state index contributed by atoms with van der Waals surface area (Å²) in [4.78, 5) is 34.5. The molecule has 2 atom stereocenters. The number of nitrogens with one attached hydrogen (secondary N) is 1. The summed E-state index contributed by atoms with van der Waals surface area (Å²) < 4.78 is 15.0. The van der Waals surface area contributed by atoms with Crippen molar-refractivity contribution < 1.29 is 14.0 Å². The van der Waals surface area contributed by atoms with E-state index < -0.39 is 17.8 Å². The van der Waals surface area contributed by atoms with Crippen molar-refractivity contribution in [1.29, 1.82) is 0 Å². The Bertz CT molecular complexity index is 1420. The van der Waals surface area contributed by atoms with Crippen molar-refractivity contribution in [2.24, 2.45) is 5.92 Å². The average molecular weight is 569 g/mol. The Morgan fingerprint density at radius 1 is 0.786 bits per heavy atom. The minimum atomic E-state index is -0.524. The fraction of sp³-hybridized carbons (Fsp3) is 0.429. The first-order valence-electron chi connectivity index (χ1n) is 15.5. The van der Waals surface area contributed by atoms with E-state index in [0.717, 1.165) is 48.8 Å². The lowest BCUT2D eigenvalue weighted by atomic mass is 9.83. The number of nitrogens with zero attached hydrogens (tertiary/aromatic N) is 3. The van der Waals surface area contributed by atoms with Crippen molar-refractivity contribution in [2.45, 2.75) is 58.4 Å². The SMILES string of the molecule is Cc1ccc(NC(=O)C2CCCN(C(=O)c3c(C)cccc3F)C2c2ccc(N3CCCC3)cc2)cc1N1CCCC1. The summed E-state index contributed by atoms with van der Waals surface area (Å²) in [5, 5.41) is 3.19. The highest BCUT2D eigenvalue weighted by Gasteiger charge is 2.40. The molecule has 0 aromatic heterocycles. The highest BCUT2D eigenvalue weighted by atomic mass is 19.1. The number of amides is 2. The number of likely N-dealkylation sites (tertiary alicyclic amines) is 1. The van der Waals surface area contributed by atoms with E-state index in [-0.39, 0.29) is 17.4 Å². The summed E-state index contributed by atoms with van der Waals surface area (Å²) in [5.74, 6) is -1.46. The first kappa shape index (κ1) is 28.3. The second kappa shape index (κ2) is 12.2. The molecule has 42 heavy (non-hydrogen) atoms. The van der Waals surface area contributed by atoms with Gasteiger partial charge < -0.3 is 20.0 Å². The molecule has 2 unspecified atom stereocenters. The molecule has 6 rings (SSSR count). The number of benzene rings is 3. The van der Waals surface area contributed by atoms with Gasteiger partial charge in [-0.05, 0) is 99.4 Å². The molecule has 3 fully saturated rings. The van der Waals surface area contributed by atoms with Crippen LogP contribution in [0.3, 0.4) is 0 Å². The number of halogens is 1. The van der Waals surface area contributed by atoms with Crippen LogP contribution in [0.2, 0.25) is 0 Å². The van der Waals surface area contributed by atoms with E-state index in [1.807, 2.05) is 6.07 Å². The second-order valence-corrected chi connectivity index (χ2v) is 12.1. The third-order valence-electron chi connectivity index (χ3n) is 9.29. The number of hydrogen-bond donors (Lipinski definition) is 1. The zero-order valence-electron chi connectivity index (χ0n) is 24.7. The van der Waals surface area contributed by atoms with Gasteiger partial charge in [-0.15, -0.1) is 0 Å². The van der Waals surface area contributed by atoms with E-state index in [2.05, 4.69) is 58.4 Å². The Balaban J connectivity index is 1.32. The summed E-state index contributed by atoms with van der Waals surface area (Å²) in [5.41, 5.74) is 5.88. The number of carbonyl (C=O) groups is 2. The van der Waals surface area contributed by atoms with Crippen LogP contribution in [0.25, 0.3) is 0 Å². The average Bonchev–Trinajstić information content (AvgIpc) is 3.73. The van der Waals surface area contributed by atoms with E-state index in [1.165, 1.54) is 37.3 Å². The van der Waals surface area contributed by atoms with Crippen molar-refractivity contribution >= 4 is 28.9 Å². The van der Waals surface area contributed by atoms with Crippen LogP contribution in [-0.4, -0.2) is 49.4 Å². The van der Waals surface area contributed by atoms with Crippen LogP contribution in [0.4, 0.5) is 21.5 Å². The zero-order valence-corrected chi connectivity index (χ0v) is 24.7. The molecule has 3 aromatic rings. The summed E-state index contributed by atoms with van der Waals surface area (Å²) in [6, 6.07) is 18.6. The molecule has 0 radical (unpaired) electrons. The van der Waals surface area contributed by atoms with Crippen LogP contribution in [0.1, 0.15) is 71.6 Å². The topological polar surface area (TPSA) is 55.9 Å². The molecule has 3 heterocycles. The van der Waals surface area contributed by atoms with Crippen molar-refractivity contribution in [1.82, 2.24) is 4.90 Å². The summed E-state index contributed by atoms with van der Waals surface area (Å²) >= 11 is 0.